The highest BCUT2D eigenvalue weighted by Crippen LogP contribution is 2.18. The molecule has 2 atom stereocenters. The molecule has 12 heavy (non-hydrogen) atoms. The molecule has 1 rings (SSSR count). The van der Waals surface area contributed by atoms with Crippen LogP contribution in [0.5, 0.6) is 0 Å². The minimum atomic E-state index is -1.23. The van der Waals surface area contributed by atoms with E-state index in [0.29, 0.717) is 13.0 Å². The number of carbonyl (C=O) groups is 1. The lowest BCUT2D eigenvalue weighted by atomic mass is 10.3. The first-order chi connectivity index (χ1) is 5.63. The minimum Gasteiger partial charge on any atom is -0.450 e. The van der Waals surface area contributed by atoms with E-state index in [1.807, 2.05) is 11.9 Å². The molecule has 5 heteroatoms. The standard InChI is InChI=1S/C7H13NO4/c1-8-4-5(11-2)3-6(8)12-7(9)10/h5-6H,3-4H2,1-2H3,(H,9,10)/t5-,6-/m1/s1. The summed E-state index contributed by atoms with van der Waals surface area (Å²) in [4.78, 5) is 12.0. The van der Waals surface area contributed by atoms with Crippen molar-refractivity contribution in [1.29, 1.82) is 0 Å². The Morgan fingerprint density at radius 1 is 1.67 bits per heavy atom. The molecule has 1 N–H and O–H groups in total. The maximum atomic E-state index is 10.2. The van der Waals surface area contributed by atoms with Gasteiger partial charge < -0.3 is 14.6 Å². The summed E-state index contributed by atoms with van der Waals surface area (Å²) >= 11 is 0. The number of carboxylic acid groups (broad SMARTS) is 1. The molecule has 0 aromatic heterocycles. The summed E-state index contributed by atoms with van der Waals surface area (Å²) in [6, 6.07) is 0. The Morgan fingerprint density at radius 2 is 2.33 bits per heavy atom. The summed E-state index contributed by atoms with van der Waals surface area (Å²) in [5, 5.41) is 8.36. The Labute approximate surface area is 70.9 Å². The van der Waals surface area contributed by atoms with E-state index in [0.717, 1.165) is 0 Å². The van der Waals surface area contributed by atoms with Crippen molar-refractivity contribution in [3.05, 3.63) is 0 Å². The van der Waals surface area contributed by atoms with Crippen LogP contribution in [0.2, 0.25) is 0 Å². The molecule has 0 aliphatic carbocycles. The van der Waals surface area contributed by atoms with Gasteiger partial charge in [0.1, 0.15) is 0 Å². The van der Waals surface area contributed by atoms with Crippen LogP contribution >= 0.6 is 0 Å². The molecule has 0 radical (unpaired) electrons. The molecule has 0 bridgehead atoms. The van der Waals surface area contributed by atoms with Gasteiger partial charge in [0.15, 0.2) is 6.23 Å². The normalized spacial score (nSPS) is 30.5. The summed E-state index contributed by atoms with van der Waals surface area (Å²) < 4.78 is 9.70. The molecular formula is C7H13NO4. The van der Waals surface area contributed by atoms with Crippen molar-refractivity contribution in [2.45, 2.75) is 18.8 Å². The number of ether oxygens (including phenoxy) is 2. The lowest BCUT2D eigenvalue weighted by molar-refractivity contribution is -0.00434. The fourth-order valence-electron chi connectivity index (χ4n) is 1.34. The van der Waals surface area contributed by atoms with Crippen LogP contribution in [0.3, 0.4) is 0 Å². The number of nitrogens with zero attached hydrogens (tertiary/aromatic N) is 1. The first-order valence-corrected chi connectivity index (χ1v) is 3.76. The van der Waals surface area contributed by atoms with E-state index in [1.165, 1.54) is 0 Å². The van der Waals surface area contributed by atoms with Crippen LogP contribution in [0.15, 0.2) is 0 Å². The van der Waals surface area contributed by atoms with Crippen LogP contribution in [-0.2, 0) is 9.47 Å². The zero-order valence-electron chi connectivity index (χ0n) is 7.19. The predicted octanol–water partition coefficient (Wildman–Crippen LogP) is 0.358. The number of methoxy groups -OCH3 is 1. The molecule has 1 fully saturated rings. The van der Waals surface area contributed by atoms with Crippen molar-refractivity contribution in [3.63, 3.8) is 0 Å². The third-order valence-electron chi connectivity index (χ3n) is 2.02. The van der Waals surface area contributed by atoms with Crippen molar-refractivity contribution in [2.75, 3.05) is 20.7 Å². The summed E-state index contributed by atoms with van der Waals surface area (Å²) in [6.07, 6.45) is -0.894. The molecule has 0 aromatic rings. The first-order valence-electron chi connectivity index (χ1n) is 3.76. The summed E-state index contributed by atoms with van der Waals surface area (Å²) in [5.74, 6) is 0. The Bertz CT molecular complexity index is 173. The molecule has 0 spiro atoms. The van der Waals surface area contributed by atoms with E-state index in [-0.39, 0.29) is 12.3 Å². The lowest BCUT2D eigenvalue weighted by Gasteiger charge is -2.16. The monoisotopic (exact) mass is 175 g/mol. The van der Waals surface area contributed by atoms with Crippen LogP contribution in [0.1, 0.15) is 6.42 Å². The second-order valence-corrected chi connectivity index (χ2v) is 2.87. The van der Waals surface area contributed by atoms with Gasteiger partial charge in [-0.2, -0.15) is 0 Å². The molecule has 0 saturated carbocycles. The molecule has 0 amide bonds. The van der Waals surface area contributed by atoms with Crippen molar-refractivity contribution < 1.29 is 19.4 Å². The lowest BCUT2D eigenvalue weighted by Crippen LogP contribution is -2.29. The Hall–Kier alpha value is -0.810. The topological polar surface area (TPSA) is 59.0 Å². The Balaban J connectivity index is 2.40. The zero-order chi connectivity index (χ0) is 9.14. The maximum Gasteiger partial charge on any atom is 0.507 e. The molecule has 1 saturated heterocycles. The third-order valence-corrected chi connectivity index (χ3v) is 2.02. The fraction of sp³-hybridized carbons (Fsp3) is 0.857. The van der Waals surface area contributed by atoms with E-state index >= 15 is 0 Å². The van der Waals surface area contributed by atoms with E-state index in [4.69, 9.17) is 9.84 Å². The van der Waals surface area contributed by atoms with Crippen LogP contribution < -0.4 is 0 Å². The number of hydrogen-bond acceptors (Lipinski definition) is 4. The highest BCUT2D eigenvalue weighted by atomic mass is 16.7. The average Bonchev–Trinajstić information content (AvgIpc) is 2.31. The Kier molecular flexibility index (Phi) is 2.88. The SMILES string of the molecule is CO[C@@H]1C[C@@H](OC(=O)O)N(C)C1. The number of hydrogen-bond donors (Lipinski definition) is 1. The second-order valence-electron chi connectivity index (χ2n) is 2.87. The van der Waals surface area contributed by atoms with Gasteiger partial charge in [0.25, 0.3) is 0 Å². The molecule has 1 aliphatic heterocycles. The van der Waals surface area contributed by atoms with Crippen molar-refractivity contribution in [2.24, 2.45) is 0 Å². The molecule has 70 valence electrons. The van der Waals surface area contributed by atoms with Gasteiger partial charge in [0.05, 0.1) is 6.10 Å². The number of rotatable bonds is 2. The van der Waals surface area contributed by atoms with Gasteiger partial charge in [-0.1, -0.05) is 0 Å². The number of likely N-dealkylation sites (tertiary alicyclic amines) is 1. The Morgan fingerprint density at radius 3 is 2.75 bits per heavy atom. The van der Waals surface area contributed by atoms with Gasteiger partial charge >= 0.3 is 6.16 Å². The molecule has 0 unspecified atom stereocenters. The van der Waals surface area contributed by atoms with E-state index < -0.39 is 6.16 Å². The quantitative estimate of drug-likeness (QED) is 0.614. The smallest absolute Gasteiger partial charge is 0.450 e. The predicted molar refractivity (Wildman–Crippen MR) is 40.9 cm³/mol. The highest BCUT2D eigenvalue weighted by molar-refractivity contribution is 5.57. The van der Waals surface area contributed by atoms with Crippen molar-refractivity contribution >= 4 is 6.16 Å². The molecule has 0 aromatic carbocycles. The molecule has 1 heterocycles. The summed E-state index contributed by atoms with van der Waals surface area (Å²) in [7, 11) is 3.42. The van der Waals surface area contributed by atoms with Gasteiger partial charge in [-0.15, -0.1) is 0 Å². The van der Waals surface area contributed by atoms with Gasteiger partial charge in [-0.3, -0.25) is 4.90 Å². The van der Waals surface area contributed by atoms with Crippen LogP contribution in [-0.4, -0.2) is 49.2 Å². The number of likely N-dealkylation sites (N-methyl/N-ethyl adjacent to an activating group) is 1. The van der Waals surface area contributed by atoms with Crippen LogP contribution in [0.25, 0.3) is 0 Å². The first kappa shape index (κ1) is 9.28. The van der Waals surface area contributed by atoms with E-state index in [1.54, 1.807) is 7.11 Å². The molecule has 1 aliphatic rings. The minimum absolute atomic E-state index is 0.0827. The van der Waals surface area contributed by atoms with E-state index in [2.05, 4.69) is 4.74 Å². The van der Waals surface area contributed by atoms with Crippen LogP contribution in [0.4, 0.5) is 4.79 Å². The summed E-state index contributed by atoms with van der Waals surface area (Å²) in [5.41, 5.74) is 0. The fourth-order valence-corrected chi connectivity index (χ4v) is 1.34. The molecule has 5 nitrogen and oxygen atoms in total. The van der Waals surface area contributed by atoms with Gasteiger partial charge in [-0.25, -0.2) is 4.79 Å². The summed E-state index contributed by atoms with van der Waals surface area (Å²) in [6.45, 7) is 0.717. The second kappa shape index (κ2) is 3.73. The van der Waals surface area contributed by atoms with Crippen molar-refractivity contribution in [3.8, 4) is 0 Å². The van der Waals surface area contributed by atoms with Crippen molar-refractivity contribution in [1.82, 2.24) is 4.90 Å². The highest BCUT2D eigenvalue weighted by Gasteiger charge is 2.31. The largest absolute Gasteiger partial charge is 0.507 e. The van der Waals surface area contributed by atoms with Gasteiger partial charge in [0.2, 0.25) is 0 Å². The van der Waals surface area contributed by atoms with E-state index in [9.17, 15) is 4.79 Å². The molecular weight excluding hydrogens is 162 g/mol. The zero-order valence-corrected chi connectivity index (χ0v) is 7.19. The van der Waals surface area contributed by atoms with Crippen LogP contribution in [0, 0.1) is 0 Å². The van der Waals surface area contributed by atoms with Gasteiger partial charge in [-0.05, 0) is 7.05 Å². The third kappa shape index (κ3) is 2.09. The van der Waals surface area contributed by atoms with Gasteiger partial charge in [0, 0.05) is 20.1 Å². The maximum absolute atomic E-state index is 10.2. The average molecular weight is 175 g/mol.